The number of ether oxygens (including phenoxy) is 2. The van der Waals surface area contributed by atoms with Crippen LogP contribution >= 0.6 is 23.5 Å². The first kappa shape index (κ1) is 65.1. The summed E-state index contributed by atoms with van der Waals surface area (Å²) in [6.07, 6.45) is 23.9. The summed E-state index contributed by atoms with van der Waals surface area (Å²) in [6, 6.07) is 0. The molecule has 0 aliphatic heterocycles. The van der Waals surface area contributed by atoms with Gasteiger partial charge in [0.15, 0.2) is 6.10 Å². The van der Waals surface area contributed by atoms with Crippen LogP contribution in [0.1, 0.15) is 181 Å². The molecule has 3 N–H and O–H groups in total. The third-order valence-corrected chi connectivity index (χ3v) is 13.1. The lowest BCUT2D eigenvalue weighted by molar-refractivity contribution is -0.366. The number of unbranched alkanes of at least 4 members (excludes halogenated alkanes) is 18. The monoisotopic (exact) mass is 1040 g/mol. The smallest absolute Gasteiger partial charge is 0.306 e. The summed E-state index contributed by atoms with van der Waals surface area (Å²) in [5, 5.41) is 31.6. The van der Waals surface area contributed by atoms with Crippen LogP contribution in [0.5, 0.6) is 0 Å². The number of aliphatic hydroxyl groups excluding tert-OH is 3. The number of esters is 2. The average Bonchev–Trinajstić information content (AvgIpc) is 3.28. The van der Waals surface area contributed by atoms with Gasteiger partial charge in [-0.2, -0.15) is 0 Å². The lowest BCUT2D eigenvalue weighted by atomic mass is 9.85. The van der Waals surface area contributed by atoms with Crippen molar-refractivity contribution in [3.8, 4) is 0 Å². The van der Waals surface area contributed by atoms with E-state index in [0.717, 1.165) is 44.9 Å². The van der Waals surface area contributed by atoms with Crippen LogP contribution in [0, 0.1) is 0 Å². The van der Waals surface area contributed by atoms with Crippen molar-refractivity contribution in [3.05, 3.63) is 48.6 Å². The molecule has 22 heteroatoms. The van der Waals surface area contributed by atoms with Crippen molar-refractivity contribution >= 4 is 35.4 Å². The van der Waals surface area contributed by atoms with Gasteiger partial charge >= 0.3 is 11.9 Å². The van der Waals surface area contributed by atoms with E-state index >= 15 is 0 Å². The van der Waals surface area contributed by atoms with Crippen LogP contribution in [-0.2, 0) is 50.9 Å². The fraction of sp³-hybridized carbons (Fsp3) is 0.787. The fourth-order valence-corrected chi connectivity index (χ4v) is 9.42. The predicted octanol–water partition coefficient (Wildman–Crippen LogP) is 6.24. The molecule has 1 aliphatic carbocycles. The molecule has 0 bridgehead atoms. The first-order chi connectivity index (χ1) is 32.8. The zero-order chi connectivity index (χ0) is 51.4. The molecule has 1 rings (SSSR count). The van der Waals surface area contributed by atoms with Gasteiger partial charge in [-0.3, -0.25) is 14.2 Å². The Morgan fingerprint density at radius 2 is 0.870 bits per heavy atom. The van der Waals surface area contributed by atoms with Crippen molar-refractivity contribution in [1.82, 2.24) is 0 Å². The third kappa shape index (κ3) is 35.0. The number of hydrogen-bond acceptors (Lipinski definition) is 19. The maximum atomic E-state index is 13.0. The largest absolute Gasteiger partial charge is 0.790 e. The Balaban J connectivity index is 2.75. The Labute approximate surface area is 410 Å². The fourth-order valence-electron chi connectivity index (χ4n) is 7.37. The second kappa shape index (κ2) is 38.7. The summed E-state index contributed by atoms with van der Waals surface area (Å²) in [7, 11) is -18.1. The van der Waals surface area contributed by atoms with Gasteiger partial charge in [0.1, 0.15) is 43.2 Å². The highest BCUT2D eigenvalue weighted by Gasteiger charge is 2.53. The molecular formula is C47H80O19P3-5. The van der Waals surface area contributed by atoms with Gasteiger partial charge in [0.25, 0.3) is 7.82 Å². The summed E-state index contributed by atoms with van der Waals surface area (Å²) in [4.78, 5) is 83.6. The van der Waals surface area contributed by atoms with Gasteiger partial charge in [0.05, 0.1) is 22.3 Å². The molecule has 0 spiro atoms. The quantitative estimate of drug-likeness (QED) is 0.0263. The van der Waals surface area contributed by atoms with Crippen molar-refractivity contribution in [2.24, 2.45) is 0 Å². The zero-order valence-corrected chi connectivity index (χ0v) is 43.4. The molecule has 0 saturated heterocycles. The molecule has 0 heterocycles. The molecule has 8 atom stereocenters. The van der Waals surface area contributed by atoms with Gasteiger partial charge in [-0.05, 0) is 51.4 Å². The molecular weight excluding hydrogens is 961 g/mol. The van der Waals surface area contributed by atoms with Gasteiger partial charge in [-0.25, -0.2) is 0 Å². The summed E-state index contributed by atoms with van der Waals surface area (Å²) >= 11 is 0. The lowest BCUT2D eigenvalue weighted by Gasteiger charge is -2.50. The van der Waals surface area contributed by atoms with Crippen molar-refractivity contribution in [2.75, 3.05) is 13.2 Å². The van der Waals surface area contributed by atoms with E-state index in [-0.39, 0.29) is 12.8 Å². The Morgan fingerprint density at radius 1 is 0.478 bits per heavy atom. The molecule has 19 nitrogen and oxygen atoms in total. The number of hydrogen-bond donors (Lipinski definition) is 3. The van der Waals surface area contributed by atoms with Crippen LogP contribution in [0.4, 0.5) is 0 Å². The van der Waals surface area contributed by atoms with Gasteiger partial charge in [0.2, 0.25) is 0 Å². The molecule has 0 amide bonds. The van der Waals surface area contributed by atoms with Crippen molar-refractivity contribution in [2.45, 2.75) is 224 Å². The van der Waals surface area contributed by atoms with E-state index in [0.29, 0.717) is 25.7 Å². The third-order valence-electron chi connectivity index (χ3n) is 11.1. The van der Waals surface area contributed by atoms with E-state index in [9.17, 15) is 63.1 Å². The predicted molar refractivity (Wildman–Crippen MR) is 250 cm³/mol. The second-order valence-corrected chi connectivity index (χ2v) is 20.9. The molecule has 1 fully saturated rings. The topological polar surface area (TPSA) is 317 Å². The van der Waals surface area contributed by atoms with Crippen LogP contribution in [-0.4, -0.2) is 83.2 Å². The minimum absolute atomic E-state index is 0.0412. The maximum Gasteiger partial charge on any atom is 0.306 e. The maximum absolute atomic E-state index is 13.0. The van der Waals surface area contributed by atoms with E-state index in [1.165, 1.54) is 83.5 Å². The first-order valence-corrected chi connectivity index (χ1v) is 29.2. The molecule has 1 unspecified atom stereocenters. The Hall–Kier alpha value is -1.89. The minimum atomic E-state index is -6.16. The van der Waals surface area contributed by atoms with Gasteiger partial charge in [-0.1, -0.05) is 165 Å². The standard InChI is InChI=1S/C47H85O19P3/c1-3-5-7-9-11-13-15-17-19-20-22-24-26-28-30-32-34-36-41(49)63-39(37-61-40(48)35-33-31-29-27-25-23-21-18-16-14-12-10-8-6-4-2)38-62-69(59,60)66-45-42(50)43(51)46(64-67(53,54)55)47(44(45)52)65-68(56,57)58/h11,13,17,19,22,24,28,30,39,42-47,50-52H,3-10,12,14-16,18,20-21,23,25-27,29,31-38H2,1-2H3,(H,59,60)(H2,53,54,55)(H2,56,57,58)/p-5/b13-11-,19-17-,24-22-,30-28-/t39-,42-,43+,44+,45-,46-,47-/m1/s1. The average molecular weight is 1040 g/mol. The van der Waals surface area contributed by atoms with Crippen LogP contribution in [0.2, 0.25) is 0 Å². The van der Waals surface area contributed by atoms with Crippen molar-refractivity contribution < 1.29 is 90.6 Å². The lowest BCUT2D eigenvalue weighted by Crippen LogP contribution is -2.65. The van der Waals surface area contributed by atoms with Crippen molar-refractivity contribution in [1.29, 1.82) is 0 Å². The highest BCUT2D eigenvalue weighted by atomic mass is 31.2. The Bertz CT molecular complexity index is 1630. The van der Waals surface area contributed by atoms with Gasteiger partial charge in [0, 0.05) is 12.8 Å². The van der Waals surface area contributed by atoms with Crippen LogP contribution in [0.3, 0.4) is 0 Å². The van der Waals surface area contributed by atoms with Crippen LogP contribution < -0.4 is 24.5 Å². The molecule has 402 valence electrons. The van der Waals surface area contributed by atoms with E-state index in [2.05, 4.69) is 57.8 Å². The molecule has 1 aliphatic rings. The minimum Gasteiger partial charge on any atom is -0.790 e. The summed E-state index contributed by atoms with van der Waals surface area (Å²) in [5.74, 6) is -1.44. The van der Waals surface area contributed by atoms with E-state index in [1.807, 2.05) is 18.2 Å². The molecule has 0 aromatic rings. The van der Waals surface area contributed by atoms with Crippen molar-refractivity contribution in [3.63, 3.8) is 0 Å². The van der Waals surface area contributed by atoms with Crippen LogP contribution in [0.25, 0.3) is 0 Å². The number of phosphoric acid groups is 3. The molecule has 0 radical (unpaired) electrons. The van der Waals surface area contributed by atoms with E-state index < -0.39 is 91.3 Å². The SMILES string of the molecule is CCCCC/C=C\C/C=C\C/C=C\C/C=C\CCCC(=O)O[C@H](COC(=O)CCCCCCCCCCCCCCCCC)COP(=O)([O-])O[C@@H]1[C@H](O)[C@H](O)[C@@H](OP(=O)([O-])[O-])[C@H](OP(=O)([O-])[O-])[C@H]1O. The molecule has 0 aromatic heterocycles. The summed E-state index contributed by atoms with van der Waals surface area (Å²) < 4.78 is 63.8. The Kier molecular flexibility index (Phi) is 36.5. The second-order valence-electron chi connectivity index (χ2n) is 17.3. The molecule has 69 heavy (non-hydrogen) atoms. The van der Waals surface area contributed by atoms with Crippen LogP contribution in [0.15, 0.2) is 48.6 Å². The number of rotatable bonds is 42. The van der Waals surface area contributed by atoms with Gasteiger partial charge < -0.3 is 76.5 Å². The number of carbonyl (C=O) groups is 2. The van der Waals surface area contributed by atoms with Gasteiger partial charge in [-0.15, -0.1) is 0 Å². The number of phosphoric ester groups is 3. The number of aliphatic hydroxyl groups is 3. The normalized spacial score (nSPS) is 21.7. The molecule has 0 aromatic carbocycles. The first-order valence-electron chi connectivity index (χ1n) is 24.8. The highest BCUT2D eigenvalue weighted by Crippen LogP contribution is 2.46. The molecule has 1 saturated carbocycles. The number of carbonyl (C=O) groups excluding carboxylic acids is 2. The van der Waals surface area contributed by atoms with E-state index in [1.54, 1.807) is 0 Å². The number of allylic oxidation sites excluding steroid dienone is 8. The zero-order valence-electron chi connectivity index (χ0n) is 40.7. The summed E-state index contributed by atoms with van der Waals surface area (Å²) in [6.45, 7) is 2.72. The Morgan fingerprint density at radius 3 is 1.35 bits per heavy atom. The summed E-state index contributed by atoms with van der Waals surface area (Å²) in [5.41, 5.74) is 0. The van der Waals surface area contributed by atoms with E-state index in [4.69, 9.17) is 14.0 Å². The highest BCUT2D eigenvalue weighted by molar-refractivity contribution is 7.46.